The van der Waals surface area contributed by atoms with Gasteiger partial charge in [-0.25, -0.2) is 11.6 Å². The van der Waals surface area contributed by atoms with Crippen molar-refractivity contribution in [1.82, 2.24) is 0 Å². The van der Waals surface area contributed by atoms with Crippen molar-refractivity contribution in [2.45, 2.75) is 73.4 Å². The van der Waals surface area contributed by atoms with Crippen molar-refractivity contribution < 1.29 is 25.1 Å². The second kappa shape index (κ2) is 14.2. The summed E-state index contributed by atoms with van der Waals surface area (Å²) in [5, 5.41) is 11.2. The second-order valence-electron chi connectivity index (χ2n) is 12.0. The Kier molecular flexibility index (Phi) is 12.0. The molecule has 3 aromatic carbocycles. The normalized spacial score (nSPS) is 12.8. The summed E-state index contributed by atoms with van der Waals surface area (Å²) < 4.78 is 1.33. The van der Waals surface area contributed by atoms with Crippen molar-refractivity contribution >= 4 is 17.8 Å². The van der Waals surface area contributed by atoms with E-state index in [1.165, 1.54) is 31.3 Å². The Morgan fingerprint density at radius 2 is 1.32 bits per heavy atom. The molecule has 1 N–H and O–H groups in total. The van der Waals surface area contributed by atoms with E-state index in [-0.39, 0.29) is 5.41 Å². The zero-order valence-electron chi connectivity index (χ0n) is 24.7. The molecule has 1 nitrogen and oxygen atoms in total. The van der Waals surface area contributed by atoms with Gasteiger partial charge in [-0.2, -0.15) is 6.08 Å². The fourth-order valence-corrected chi connectivity index (χ4v) is 6.27. The van der Waals surface area contributed by atoms with Gasteiger partial charge in [0, 0.05) is 0 Å². The Morgan fingerprint density at radius 3 is 1.66 bits per heavy atom. The van der Waals surface area contributed by atoms with Gasteiger partial charge < -0.3 is 5.11 Å². The molecule has 0 fully saturated rings. The summed E-state index contributed by atoms with van der Waals surface area (Å²) in [5.41, 5.74) is 6.79. The number of aryl methyl sites for hydroxylation is 1. The Hall–Kier alpha value is -2.26. The third-order valence-electron chi connectivity index (χ3n) is 6.20. The van der Waals surface area contributed by atoms with E-state index in [4.69, 9.17) is 0 Å². The van der Waals surface area contributed by atoms with Crippen LogP contribution < -0.4 is 5.19 Å². The molecule has 0 unspecified atom stereocenters. The summed E-state index contributed by atoms with van der Waals surface area (Å²) in [6.45, 7) is 19.7. The molecule has 0 spiro atoms. The third-order valence-corrected chi connectivity index (χ3v) is 8.62. The van der Waals surface area contributed by atoms with Crippen LogP contribution in [0.25, 0.3) is 0 Å². The van der Waals surface area contributed by atoms with Crippen LogP contribution >= 0.6 is 0 Å². The molecule has 0 saturated heterocycles. The molecule has 198 valence electrons. The minimum atomic E-state index is -0.621. The molecule has 4 rings (SSSR count). The van der Waals surface area contributed by atoms with Crippen LogP contribution in [-0.2, 0) is 25.4 Å². The topological polar surface area (TPSA) is 20.2 Å². The number of allylic oxidation sites excluding steroid dienone is 4. The molecule has 0 aromatic heterocycles. The molecule has 3 aromatic rings. The van der Waals surface area contributed by atoms with E-state index in [0.29, 0.717) is 11.2 Å². The molecular weight excluding hydrogens is 512 g/mol. The standard InChI is InChI=1S/C13H21OSi.C13H10.C9H13.Ti/c1-9-7-10(13(2,3)4)12(15(5)6)11(14)8-9;1-3-7-12(8-4-1)11-13-9-5-2-6-10-13;1-9(2,3)8-6-4-5-7-8;/h7-8,14H,1-6H3;1-10H;4,6H,5H2,1-3H3;/q;;-1;+1. The SMILES string of the molecule is CC(C)(C)C1=[C-]CC=C1.Cc1cc(O)c([Si](C)C)c(C(C)(C)C)c1.[Ti+]=[C](c1ccccc1)c1ccccc1. The van der Waals surface area contributed by atoms with Crippen molar-refractivity contribution in [2.75, 3.05) is 0 Å². The maximum atomic E-state index is 10.0. The predicted octanol–water partition coefficient (Wildman–Crippen LogP) is 8.48. The summed E-state index contributed by atoms with van der Waals surface area (Å²) in [4.78, 5) is 0. The maximum absolute atomic E-state index is 10.0. The van der Waals surface area contributed by atoms with Crippen LogP contribution in [0.5, 0.6) is 5.75 Å². The number of benzene rings is 3. The van der Waals surface area contributed by atoms with E-state index in [1.54, 1.807) is 0 Å². The Morgan fingerprint density at radius 1 is 0.816 bits per heavy atom. The van der Waals surface area contributed by atoms with E-state index < -0.39 is 8.80 Å². The van der Waals surface area contributed by atoms with Crippen LogP contribution in [-0.4, -0.2) is 17.7 Å². The molecule has 0 saturated carbocycles. The van der Waals surface area contributed by atoms with Crippen molar-refractivity contribution in [3.05, 3.63) is 119 Å². The number of hydrogen-bond acceptors (Lipinski definition) is 1. The zero-order chi connectivity index (χ0) is 28.5. The van der Waals surface area contributed by atoms with Gasteiger partial charge in [-0.05, 0) is 40.1 Å². The predicted molar refractivity (Wildman–Crippen MR) is 165 cm³/mol. The first-order valence-electron chi connectivity index (χ1n) is 13.3. The van der Waals surface area contributed by atoms with Crippen LogP contribution in [0.3, 0.4) is 0 Å². The Balaban J connectivity index is 0.000000206. The molecule has 1 aliphatic rings. The van der Waals surface area contributed by atoms with Crippen molar-refractivity contribution in [3.8, 4) is 5.75 Å². The van der Waals surface area contributed by atoms with Gasteiger partial charge in [0.25, 0.3) is 0 Å². The monoisotopic (exact) mass is 556 g/mol. The molecule has 0 bridgehead atoms. The summed E-state index contributed by atoms with van der Waals surface area (Å²) in [5.74, 6) is 0.485. The quantitative estimate of drug-likeness (QED) is 0.253. The molecule has 1 aliphatic carbocycles. The van der Waals surface area contributed by atoms with E-state index >= 15 is 0 Å². The van der Waals surface area contributed by atoms with Crippen LogP contribution in [0.1, 0.15) is 70.2 Å². The average molecular weight is 557 g/mol. The second-order valence-corrected chi connectivity index (χ2v) is 15.3. The molecule has 3 heteroatoms. The average Bonchev–Trinajstić information content (AvgIpc) is 3.40. The van der Waals surface area contributed by atoms with Gasteiger partial charge in [0.1, 0.15) is 5.75 Å². The van der Waals surface area contributed by atoms with Crippen molar-refractivity contribution in [1.29, 1.82) is 0 Å². The minimum absolute atomic E-state index is 0.112. The van der Waals surface area contributed by atoms with E-state index in [2.05, 4.69) is 147 Å². The Labute approximate surface area is 245 Å². The zero-order valence-corrected chi connectivity index (χ0v) is 27.3. The molecule has 0 aliphatic heterocycles. The molecule has 0 amide bonds. The van der Waals surface area contributed by atoms with E-state index in [0.717, 1.165) is 12.0 Å². The van der Waals surface area contributed by atoms with E-state index in [1.807, 2.05) is 25.1 Å². The van der Waals surface area contributed by atoms with Gasteiger partial charge in [-0.15, -0.1) is 6.42 Å². The fraction of sp³-hybridized carbons (Fsp3) is 0.343. The van der Waals surface area contributed by atoms with Crippen molar-refractivity contribution in [2.24, 2.45) is 5.41 Å². The molecular formula is C35H44OSiTi. The van der Waals surface area contributed by atoms with Crippen LogP contribution in [0.4, 0.5) is 0 Å². The number of aromatic hydroxyl groups is 1. The third kappa shape index (κ3) is 9.80. The number of phenols is 1. The van der Waals surface area contributed by atoms with E-state index in [9.17, 15) is 5.11 Å². The number of phenolic OH excluding ortho intramolecular Hbond substituents is 1. The van der Waals surface area contributed by atoms with Gasteiger partial charge in [0.15, 0.2) is 0 Å². The van der Waals surface area contributed by atoms with Gasteiger partial charge >= 0.3 is 95.6 Å². The fourth-order valence-electron chi connectivity index (χ4n) is 4.18. The molecule has 0 heterocycles. The molecule has 1 radical (unpaired) electrons. The molecule has 38 heavy (non-hydrogen) atoms. The van der Waals surface area contributed by atoms with Gasteiger partial charge in [-0.1, -0.05) is 60.7 Å². The van der Waals surface area contributed by atoms with Gasteiger partial charge in [-0.3, -0.25) is 6.08 Å². The number of hydrogen-bond donors (Lipinski definition) is 1. The summed E-state index contributed by atoms with van der Waals surface area (Å²) in [6.07, 6.45) is 8.63. The van der Waals surface area contributed by atoms with Gasteiger partial charge in [0.2, 0.25) is 0 Å². The van der Waals surface area contributed by atoms with Crippen LogP contribution in [0, 0.1) is 18.4 Å². The summed E-state index contributed by atoms with van der Waals surface area (Å²) >= 11 is 2.16. The van der Waals surface area contributed by atoms with Crippen LogP contribution in [0.15, 0.2) is 90.5 Å². The first-order chi connectivity index (χ1) is 17.7. The van der Waals surface area contributed by atoms with Crippen LogP contribution in [0.2, 0.25) is 13.1 Å². The first-order valence-corrected chi connectivity index (χ1v) is 16.6. The summed E-state index contributed by atoms with van der Waals surface area (Å²) in [6, 6.07) is 25.0. The Bertz CT molecular complexity index is 1200. The molecule has 0 atom stereocenters. The number of rotatable bonds is 3. The first kappa shape index (κ1) is 32.0. The summed E-state index contributed by atoms with van der Waals surface area (Å²) in [7, 11) is -0.621. The van der Waals surface area contributed by atoms with Gasteiger partial charge in [0.05, 0.1) is 8.80 Å². The van der Waals surface area contributed by atoms with Crippen molar-refractivity contribution in [3.63, 3.8) is 0 Å².